The molecule has 1 aromatic rings. The first-order valence-corrected chi connectivity index (χ1v) is 5.05. The van der Waals surface area contributed by atoms with Crippen LogP contribution in [0.3, 0.4) is 0 Å². The summed E-state index contributed by atoms with van der Waals surface area (Å²) in [4.78, 5) is 4.25. The van der Waals surface area contributed by atoms with Crippen LogP contribution in [0.25, 0.3) is 0 Å². The Kier molecular flexibility index (Phi) is 1.86. The molecular formula is C11H10N2O2. The van der Waals surface area contributed by atoms with Crippen molar-refractivity contribution in [2.24, 2.45) is 5.92 Å². The average molecular weight is 202 g/mol. The zero-order chi connectivity index (χ0) is 10.3. The number of rotatable bonds is 0. The van der Waals surface area contributed by atoms with E-state index in [1.54, 1.807) is 12.1 Å². The van der Waals surface area contributed by atoms with Crippen molar-refractivity contribution in [3.05, 3.63) is 23.5 Å². The molecule has 3 heterocycles. The number of ether oxygens (including phenoxy) is 2. The Labute approximate surface area is 87.4 Å². The van der Waals surface area contributed by atoms with Crippen LogP contribution < -0.4 is 4.74 Å². The van der Waals surface area contributed by atoms with E-state index in [2.05, 4.69) is 4.98 Å². The zero-order valence-corrected chi connectivity index (χ0v) is 8.14. The first kappa shape index (κ1) is 8.69. The van der Waals surface area contributed by atoms with Gasteiger partial charge in [0.2, 0.25) is 6.29 Å². The predicted octanol–water partition coefficient (Wildman–Crippen LogP) is 1.25. The van der Waals surface area contributed by atoms with Crippen molar-refractivity contribution in [2.75, 3.05) is 6.61 Å². The lowest BCUT2D eigenvalue weighted by atomic mass is 9.98. The molecule has 0 unspecified atom stereocenters. The molecule has 0 spiro atoms. The number of nitrogens with zero attached hydrogens (tertiary/aromatic N) is 2. The second-order valence-corrected chi connectivity index (χ2v) is 3.86. The zero-order valence-electron chi connectivity index (χ0n) is 8.14. The number of pyridine rings is 1. The van der Waals surface area contributed by atoms with E-state index < -0.39 is 0 Å². The lowest BCUT2D eigenvalue weighted by Crippen LogP contribution is -2.30. The summed E-state index contributed by atoms with van der Waals surface area (Å²) in [6, 6.07) is 5.52. The van der Waals surface area contributed by atoms with Crippen LogP contribution in [-0.2, 0) is 11.2 Å². The Hall–Kier alpha value is -1.60. The molecule has 3 rings (SSSR count). The minimum absolute atomic E-state index is 0.104. The molecule has 1 fully saturated rings. The molecule has 0 saturated carbocycles. The van der Waals surface area contributed by atoms with Gasteiger partial charge >= 0.3 is 0 Å². The standard InChI is InChI=1S/C11H10N2O2/c12-6-8-1-2-10-9(13-8)5-7-3-4-14-11(7)15-10/h1-2,7,11H,3-5H2/t7-,11+/m0/s1. The van der Waals surface area contributed by atoms with Crippen LogP contribution in [0.2, 0.25) is 0 Å². The molecule has 2 atom stereocenters. The van der Waals surface area contributed by atoms with E-state index in [0.717, 1.165) is 30.9 Å². The maximum atomic E-state index is 8.75. The lowest BCUT2D eigenvalue weighted by Gasteiger charge is -2.26. The Balaban J connectivity index is 1.97. The molecule has 0 aromatic carbocycles. The summed E-state index contributed by atoms with van der Waals surface area (Å²) >= 11 is 0. The van der Waals surface area contributed by atoms with E-state index in [1.807, 2.05) is 6.07 Å². The van der Waals surface area contributed by atoms with E-state index in [-0.39, 0.29) is 6.29 Å². The third kappa shape index (κ3) is 1.36. The van der Waals surface area contributed by atoms with Crippen LogP contribution in [0.5, 0.6) is 5.75 Å². The highest BCUT2D eigenvalue weighted by Gasteiger charge is 2.35. The van der Waals surface area contributed by atoms with Gasteiger partial charge in [0.15, 0.2) is 0 Å². The van der Waals surface area contributed by atoms with Crippen LogP contribution in [0.4, 0.5) is 0 Å². The molecule has 1 aromatic heterocycles. The summed E-state index contributed by atoms with van der Waals surface area (Å²) in [6.07, 6.45) is 1.77. The van der Waals surface area contributed by atoms with E-state index >= 15 is 0 Å². The van der Waals surface area contributed by atoms with Crippen molar-refractivity contribution in [1.82, 2.24) is 4.98 Å². The molecule has 15 heavy (non-hydrogen) atoms. The largest absolute Gasteiger partial charge is 0.463 e. The highest BCUT2D eigenvalue weighted by Crippen LogP contribution is 2.35. The highest BCUT2D eigenvalue weighted by molar-refractivity contribution is 5.35. The molecule has 4 heteroatoms. The molecule has 0 N–H and O–H groups in total. The highest BCUT2D eigenvalue weighted by atomic mass is 16.7. The fourth-order valence-electron chi connectivity index (χ4n) is 2.11. The number of aromatic nitrogens is 1. The number of hydrogen-bond donors (Lipinski definition) is 0. The maximum Gasteiger partial charge on any atom is 0.203 e. The number of hydrogen-bond acceptors (Lipinski definition) is 4. The summed E-state index contributed by atoms with van der Waals surface area (Å²) < 4.78 is 11.1. The van der Waals surface area contributed by atoms with Gasteiger partial charge in [-0.2, -0.15) is 5.26 Å². The molecular weight excluding hydrogens is 192 g/mol. The molecule has 76 valence electrons. The fourth-order valence-corrected chi connectivity index (χ4v) is 2.11. The van der Waals surface area contributed by atoms with Gasteiger partial charge in [-0.15, -0.1) is 0 Å². The Morgan fingerprint density at radius 2 is 2.40 bits per heavy atom. The normalized spacial score (nSPS) is 27.4. The van der Waals surface area contributed by atoms with Crippen molar-refractivity contribution < 1.29 is 9.47 Å². The monoisotopic (exact) mass is 202 g/mol. The predicted molar refractivity (Wildman–Crippen MR) is 51.1 cm³/mol. The Morgan fingerprint density at radius 3 is 3.27 bits per heavy atom. The van der Waals surface area contributed by atoms with Crippen LogP contribution in [0.1, 0.15) is 17.8 Å². The Morgan fingerprint density at radius 1 is 1.47 bits per heavy atom. The second-order valence-electron chi connectivity index (χ2n) is 3.86. The summed E-state index contributed by atoms with van der Waals surface area (Å²) in [5.41, 5.74) is 1.34. The van der Waals surface area contributed by atoms with Crippen molar-refractivity contribution in [1.29, 1.82) is 5.26 Å². The average Bonchev–Trinajstić information content (AvgIpc) is 2.72. The minimum atomic E-state index is -0.104. The first-order chi connectivity index (χ1) is 7.36. The van der Waals surface area contributed by atoms with Crippen molar-refractivity contribution >= 4 is 0 Å². The van der Waals surface area contributed by atoms with Crippen molar-refractivity contribution in [3.8, 4) is 11.8 Å². The van der Waals surface area contributed by atoms with Gasteiger partial charge in [0.1, 0.15) is 17.5 Å². The van der Waals surface area contributed by atoms with Gasteiger partial charge in [-0.25, -0.2) is 4.98 Å². The fraction of sp³-hybridized carbons (Fsp3) is 0.455. The smallest absolute Gasteiger partial charge is 0.203 e. The number of fused-ring (bicyclic) bond motifs is 2. The summed E-state index contributed by atoms with van der Waals surface area (Å²) in [5, 5.41) is 8.75. The molecule has 0 bridgehead atoms. The van der Waals surface area contributed by atoms with Gasteiger partial charge in [0.25, 0.3) is 0 Å². The summed E-state index contributed by atoms with van der Waals surface area (Å²) in [5.74, 6) is 1.16. The van der Waals surface area contributed by atoms with Crippen LogP contribution in [0, 0.1) is 17.2 Å². The van der Waals surface area contributed by atoms with Crippen LogP contribution in [-0.4, -0.2) is 17.9 Å². The Bertz CT molecular complexity index is 439. The van der Waals surface area contributed by atoms with Crippen LogP contribution in [0.15, 0.2) is 12.1 Å². The molecule has 0 amide bonds. The van der Waals surface area contributed by atoms with E-state index in [0.29, 0.717) is 11.6 Å². The van der Waals surface area contributed by atoms with Gasteiger partial charge in [-0.1, -0.05) is 0 Å². The third-order valence-electron chi connectivity index (χ3n) is 2.90. The van der Waals surface area contributed by atoms with Gasteiger partial charge in [0, 0.05) is 12.3 Å². The lowest BCUT2D eigenvalue weighted by molar-refractivity contribution is -0.0705. The summed E-state index contributed by atoms with van der Waals surface area (Å²) in [6.45, 7) is 0.758. The molecule has 1 saturated heterocycles. The van der Waals surface area contributed by atoms with Gasteiger partial charge in [0.05, 0.1) is 12.3 Å². The van der Waals surface area contributed by atoms with E-state index in [9.17, 15) is 0 Å². The van der Waals surface area contributed by atoms with Gasteiger partial charge in [-0.05, 0) is 18.6 Å². The molecule has 0 aliphatic carbocycles. The second kappa shape index (κ2) is 3.21. The number of nitriles is 1. The van der Waals surface area contributed by atoms with Crippen LogP contribution >= 0.6 is 0 Å². The molecule has 4 nitrogen and oxygen atoms in total. The van der Waals surface area contributed by atoms with E-state index in [4.69, 9.17) is 14.7 Å². The SMILES string of the molecule is N#Cc1ccc2c(n1)C[C@@H]1CCO[C@@H]1O2. The minimum Gasteiger partial charge on any atom is -0.463 e. The van der Waals surface area contributed by atoms with Gasteiger partial charge < -0.3 is 9.47 Å². The topological polar surface area (TPSA) is 55.1 Å². The molecule has 0 radical (unpaired) electrons. The quantitative estimate of drug-likeness (QED) is 0.635. The third-order valence-corrected chi connectivity index (χ3v) is 2.90. The molecule has 2 aliphatic rings. The first-order valence-electron chi connectivity index (χ1n) is 5.05. The molecule has 2 aliphatic heterocycles. The van der Waals surface area contributed by atoms with E-state index in [1.165, 1.54) is 0 Å². The van der Waals surface area contributed by atoms with Crippen molar-refractivity contribution in [2.45, 2.75) is 19.1 Å². The van der Waals surface area contributed by atoms with Gasteiger partial charge in [-0.3, -0.25) is 0 Å². The maximum absolute atomic E-state index is 8.75. The summed E-state index contributed by atoms with van der Waals surface area (Å²) in [7, 11) is 0. The van der Waals surface area contributed by atoms with Crippen molar-refractivity contribution in [3.63, 3.8) is 0 Å².